The Kier molecular flexibility index (Phi) is 26.3. The number of benzene rings is 2. The van der Waals surface area contributed by atoms with Crippen LogP contribution in [0.15, 0.2) is 60.7 Å². The summed E-state index contributed by atoms with van der Waals surface area (Å²) in [6.45, 7) is 12.7. The molecule has 2 aromatic rings. The maximum absolute atomic E-state index is 12.9. The van der Waals surface area contributed by atoms with E-state index in [-0.39, 0.29) is 43.4 Å². The molecule has 0 aliphatic carbocycles. The van der Waals surface area contributed by atoms with Gasteiger partial charge in [0, 0.05) is 13.1 Å². The van der Waals surface area contributed by atoms with Gasteiger partial charge in [0.05, 0.1) is 47.0 Å². The van der Waals surface area contributed by atoms with Crippen LogP contribution in [0.25, 0.3) is 0 Å². The average molecular weight is 887 g/mol. The molecular formula is C44H67F4N5O9. The highest BCUT2D eigenvalue weighted by molar-refractivity contribution is 5.97. The Labute approximate surface area is 364 Å². The van der Waals surface area contributed by atoms with Gasteiger partial charge in [-0.25, -0.2) is 4.79 Å². The maximum atomic E-state index is 12.9. The van der Waals surface area contributed by atoms with Crippen LogP contribution in [0.3, 0.4) is 0 Å². The Bertz CT molecular complexity index is 1650. The minimum atomic E-state index is -4.64. The van der Waals surface area contributed by atoms with E-state index >= 15 is 0 Å². The summed E-state index contributed by atoms with van der Waals surface area (Å²) in [5.74, 6) is -1.74. The van der Waals surface area contributed by atoms with Crippen molar-refractivity contribution in [3.8, 4) is 0 Å². The monoisotopic (exact) mass is 886 g/mol. The van der Waals surface area contributed by atoms with Crippen LogP contribution >= 0.6 is 0 Å². The van der Waals surface area contributed by atoms with Gasteiger partial charge in [0.2, 0.25) is 24.0 Å². The molecule has 62 heavy (non-hydrogen) atoms. The number of nitrogens with one attached hydrogen (secondary N) is 3. The van der Waals surface area contributed by atoms with Crippen molar-refractivity contribution in [3.63, 3.8) is 0 Å². The number of aldehydes is 1. The van der Waals surface area contributed by atoms with Crippen LogP contribution in [0.5, 0.6) is 0 Å². The number of Topliss-reactive ketones (excluding diaryl/α,β-unsaturated/α-hetero) is 1. The molecule has 2 saturated heterocycles. The molecule has 0 spiro atoms. The number of rotatable bonds is 19. The zero-order valence-corrected chi connectivity index (χ0v) is 35.5. The van der Waals surface area contributed by atoms with Gasteiger partial charge in [-0.05, 0) is 62.0 Å². The lowest BCUT2D eigenvalue weighted by molar-refractivity contribution is -0.156. The minimum absolute atomic E-state index is 0. The molecule has 2 aliphatic heterocycles. The van der Waals surface area contributed by atoms with E-state index in [2.05, 4.69) is 16.0 Å². The largest absolute Gasteiger partial charge is 0.480 e. The summed E-state index contributed by atoms with van der Waals surface area (Å²) in [6.07, 6.45) is -3.36. The van der Waals surface area contributed by atoms with Gasteiger partial charge in [-0.2, -0.15) is 13.2 Å². The van der Waals surface area contributed by atoms with Crippen molar-refractivity contribution in [1.82, 2.24) is 20.9 Å². The maximum Gasteiger partial charge on any atom is 0.446 e. The zero-order valence-electron chi connectivity index (χ0n) is 36.5. The molecule has 0 unspecified atom stereocenters. The van der Waals surface area contributed by atoms with Crippen molar-refractivity contribution < 1.29 is 62.3 Å². The fourth-order valence-corrected chi connectivity index (χ4v) is 5.95. The molecule has 0 aromatic heterocycles. The van der Waals surface area contributed by atoms with E-state index in [9.17, 15) is 46.6 Å². The number of halogens is 4. The lowest BCUT2D eigenvalue weighted by atomic mass is 9.93. The second-order valence-corrected chi connectivity index (χ2v) is 15.6. The van der Waals surface area contributed by atoms with Crippen LogP contribution in [0.1, 0.15) is 73.8 Å². The molecule has 3 amide bonds. The number of carboxylic acid groups (broad SMARTS) is 1. The van der Waals surface area contributed by atoms with Gasteiger partial charge in [0.15, 0.2) is 5.78 Å². The number of carbonyl (C=O) groups excluding carboxylic acids is 5. The number of hydrogen-bond acceptors (Lipinski definition) is 10. The smallest absolute Gasteiger partial charge is 0.446 e. The third-order valence-electron chi connectivity index (χ3n) is 9.22. The highest BCUT2D eigenvalue weighted by Gasteiger charge is 2.50. The van der Waals surface area contributed by atoms with E-state index in [0.29, 0.717) is 65.0 Å². The highest BCUT2D eigenvalue weighted by Crippen LogP contribution is 2.29. The molecule has 6 N–H and O–H groups in total. The second-order valence-electron chi connectivity index (χ2n) is 15.6. The highest BCUT2D eigenvalue weighted by atomic mass is 19.4. The van der Waals surface area contributed by atoms with Gasteiger partial charge in [0.1, 0.15) is 17.7 Å². The Balaban J connectivity index is 0.00000103. The number of amides is 3. The molecule has 2 aliphatic rings. The van der Waals surface area contributed by atoms with Crippen molar-refractivity contribution in [2.24, 2.45) is 17.6 Å². The predicted molar refractivity (Wildman–Crippen MR) is 228 cm³/mol. The SMILES string of the molecule is C.CC(C)C[C@H](NC(=O)[C@@H](N)Cc1ccccc1)C(=O)[C@@]1(C)CO1.CC(C)C[C@H](NC(=O)[C@H](CCc1ccccc1)NC(=O)CN1CCOCC1)C(=O)O.O=CC(F)(F)F.[2H]CF. The molecule has 350 valence electrons. The Morgan fingerprint density at radius 2 is 1.34 bits per heavy atom. The molecule has 4 rings (SSSR count). The van der Waals surface area contributed by atoms with Crippen molar-refractivity contribution in [2.75, 3.05) is 46.6 Å². The summed E-state index contributed by atoms with van der Waals surface area (Å²) in [7, 11) is -1.00. The van der Waals surface area contributed by atoms with Crippen LogP contribution < -0.4 is 21.7 Å². The number of ether oxygens (including phenoxy) is 2. The summed E-state index contributed by atoms with van der Waals surface area (Å²) in [6, 6.07) is 16.3. The van der Waals surface area contributed by atoms with Gasteiger partial charge in [0.25, 0.3) is 0 Å². The average Bonchev–Trinajstić information content (AvgIpc) is 3.97. The Morgan fingerprint density at radius 3 is 1.79 bits per heavy atom. The van der Waals surface area contributed by atoms with Gasteiger partial charge >= 0.3 is 12.1 Å². The number of ketones is 1. The number of epoxide rings is 1. The Hall–Kier alpha value is -4.78. The number of alkyl halides is 4. The van der Waals surface area contributed by atoms with Crippen LogP contribution in [0.4, 0.5) is 17.6 Å². The number of nitrogens with two attached hydrogens (primary N) is 1. The standard InChI is InChI=1S/C22H33N3O5.C18H26N2O3.C2HF3O.CH3F.CH4/c1-16(2)14-19(22(28)29)24-21(27)18(9-8-17-6-4-3-5-7-17)23-20(26)15-25-10-12-30-13-11-25;1-12(2)9-15(16(21)18(3)11-23-18)20-17(22)14(19)10-13-7-5-4-6-8-13;3-2(4,5)1-6;1-2;/h3-7,16,18-19H,8-15H2,1-2H3,(H,23,26)(H,24,27)(H,28,29);4-8,12,14-15H,9-11,19H2,1-3H3,(H,20,22);1H;1H3;1H4/t18-,19-;14-,15-,18+;;;/m00.../s1/i;;;1D;. The molecule has 0 bridgehead atoms. The third kappa shape index (κ3) is 24.0. The Morgan fingerprint density at radius 1 is 0.871 bits per heavy atom. The van der Waals surface area contributed by atoms with E-state index in [0.717, 1.165) is 11.1 Å². The minimum Gasteiger partial charge on any atom is -0.480 e. The van der Waals surface area contributed by atoms with Crippen molar-refractivity contribution in [2.45, 2.75) is 110 Å². The summed E-state index contributed by atoms with van der Waals surface area (Å²) in [5.41, 5.74) is 7.31. The van der Waals surface area contributed by atoms with Crippen molar-refractivity contribution in [1.29, 1.82) is 0 Å². The lowest BCUT2D eigenvalue weighted by Gasteiger charge is -2.27. The molecule has 2 heterocycles. The molecule has 0 saturated carbocycles. The first kappa shape index (κ1) is 55.2. The third-order valence-corrected chi connectivity index (χ3v) is 9.22. The molecule has 2 fully saturated rings. The normalized spacial score (nSPS) is 17.8. The number of hydrogen-bond donors (Lipinski definition) is 5. The number of aryl methyl sites for hydroxylation is 1. The topological polar surface area (TPSA) is 210 Å². The molecule has 5 atom stereocenters. The van der Waals surface area contributed by atoms with E-state index in [1.165, 1.54) is 0 Å². The molecule has 0 radical (unpaired) electrons. The first-order valence-corrected chi connectivity index (χ1v) is 20.0. The van der Waals surface area contributed by atoms with Crippen molar-refractivity contribution in [3.05, 3.63) is 71.8 Å². The molecule has 18 heteroatoms. The molecular weight excluding hydrogens is 819 g/mol. The summed E-state index contributed by atoms with van der Waals surface area (Å²) >= 11 is 0. The number of morpholine rings is 1. The second kappa shape index (κ2) is 29.5. The number of carboxylic acids is 1. The van der Waals surface area contributed by atoms with Crippen LogP contribution in [0.2, 0.25) is 0 Å². The van der Waals surface area contributed by atoms with E-state index < -0.39 is 61.3 Å². The van der Waals surface area contributed by atoms with Crippen LogP contribution in [-0.4, -0.2) is 128 Å². The van der Waals surface area contributed by atoms with E-state index in [4.69, 9.17) is 21.4 Å². The molecule has 2 aromatic carbocycles. The van der Waals surface area contributed by atoms with Gasteiger partial charge < -0.3 is 36.3 Å². The van der Waals surface area contributed by atoms with Crippen LogP contribution in [-0.2, 0) is 51.1 Å². The van der Waals surface area contributed by atoms with Gasteiger partial charge in [-0.1, -0.05) is 95.8 Å². The first-order valence-electron chi connectivity index (χ1n) is 20.7. The quantitative estimate of drug-likeness (QED) is 0.0756. The fraction of sp³-hybridized carbons (Fsp3) is 0.591. The lowest BCUT2D eigenvalue weighted by Crippen LogP contribution is -2.54. The number of nitrogens with zero attached hydrogens (tertiary/aromatic N) is 1. The first-order chi connectivity index (χ1) is 29.1. The zero-order chi connectivity index (χ0) is 46.9. The fourth-order valence-electron chi connectivity index (χ4n) is 5.95. The predicted octanol–water partition coefficient (Wildman–Crippen LogP) is 4.47. The van der Waals surface area contributed by atoms with Crippen molar-refractivity contribution >= 4 is 35.8 Å². The summed E-state index contributed by atoms with van der Waals surface area (Å²) in [5, 5.41) is 17.7. The summed E-state index contributed by atoms with van der Waals surface area (Å²) in [4.78, 5) is 72.5. The van der Waals surface area contributed by atoms with E-state index in [1.807, 2.05) is 93.3 Å². The van der Waals surface area contributed by atoms with Crippen LogP contribution in [0, 0.1) is 11.8 Å². The number of aliphatic carboxylic acids is 1. The summed E-state index contributed by atoms with van der Waals surface area (Å²) < 4.78 is 57.3. The van der Waals surface area contributed by atoms with E-state index in [1.54, 1.807) is 6.92 Å². The number of carbonyl (C=O) groups is 6. The molecule has 14 nitrogen and oxygen atoms in total. The van der Waals surface area contributed by atoms with Gasteiger partial charge in [-0.3, -0.25) is 33.3 Å². The van der Waals surface area contributed by atoms with Gasteiger partial charge in [-0.15, -0.1) is 0 Å².